The van der Waals surface area contributed by atoms with Gasteiger partial charge in [0.15, 0.2) is 0 Å². The molecule has 0 aliphatic carbocycles. The van der Waals surface area contributed by atoms with E-state index >= 15 is 0 Å². The van der Waals surface area contributed by atoms with E-state index in [9.17, 15) is 9.59 Å². The third-order valence-corrected chi connectivity index (χ3v) is 6.33. The van der Waals surface area contributed by atoms with Gasteiger partial charge in [0.2, 0.25) is 6.41 Å². The molecule has 0 spiro atoms. The van der Waals surface area contributed by atoms with Crippen LogP contribution >= 0.6 is 11.6 Å². The number of carbonyl (C=O) groups is 2. The summed E-state index contributed by atoms with van der Waals surface area (Å²) in [6, 6.07) is 2.03. The molecule has 1 N–H and O–H groups in total. The summed E-state index contributed by atoms with van der Waals surface area (Å²) in [5.41, 5.74) is 0.514. The van der Waals surface area contributed by atoms with Gasteiger partial charge in [-0.1, -0.05) is 11.6 Å². The molecule has 0 aromatic carbocycles. The highest BCUT2D eigenvalue weighted by Crippen LogP contribution is 2.31. The molecule has 0 bridgehead atoms. The number of nitrogens with zero attached hydrogens (tertiary/aromatic N) is 3. The largest absolute Gasteiger partial charge is 0.447 e. The standard InChI is InChI=1S/C23H35ClN4O4/c1-17(2)32-23(30)26-19-13-21(24)22(25-14-19)27-9-3-5-18(15-27)6-4-10-28(16-29)20-7-11-31-12-8-20/h13-14,16-18,20H,3-12,15H2,1-2H3,(H,26,30). The Kier molecular flexibility index (Phi) is 9.41. The highest BCUT2D eigenvalue weighted by Gasteiger charge is 2.24. The molecule has 3 heterocycles. The monoisotopic (exact) mass is 466 g/mol. The van der Waals surface area contributed by atoms with Gasteiger partial charge in [0, 0.05) is 38.9 Å². The Morgan fingerprint density at radius 2 is 2.19 bits per heavy atom. The Hall–Kier alpha value is -2.06. The zero-order valence-corrected chi connectivity index (χ0v) is 19.9. The molecule has 1 aromatic heterocycles. The first-order valence-electron chi connectivity index (χ1n) is 11.6. The maximum absolute atomic E-state index is 11.8. The van der Waals surface area contributed by atoms with E-state index in [1.807, 2.05) is 4.90 Å². The number of aromatic nitrogens is 1. The summed E-state index contributed by atoms with van der Waals surface area (Å²) in [6.07, 6.45) is 8.08. The van der Waals surface area contributed by atoms with Gasteiger partial charge >= 0.3 is 6.09 Å². The Labute approximate surface area is 195 Å². The number of amides is 2. The maximum atomic E-state index is 11.8. The number of hydrogen-bond acceptors (Lipinski definition) is 6. The molecular formula is C23H35ClN4O4. The molecule has 2 saturated heterocycles. The lowest BCUT2D eigenvalue weighted by atomic mass is 9.93. The second-order valence-electron chi connectivity index (χ2n) is 8.89. The van der Waals surface area contributed by atoms with Crippen molar-refractivity contribution in [2.75, 3.05) is 43.1 Å². The van der Waals surface area contributed by atoms with E-state index in [4.69, 9.17) is 21.1 Å². The van der Waals surface area contributed by atoms with Crippen LogP contribution in [0.15, 0.2) is 12.3 Å². The molecule has 2 aliphatic rings. The second kappa shape index (κ2) is 12.3. The summed E-state index contributed by atoms with van der Waals surface area (Å²) in [5, 5.41) is 3.17. The third kappa shape index (κ3) is 7.24. The highest BCUT2D eigenvalue weighted by atomic mass is 35.5. The Morgan fingerprint density at radius 1 is 1.41 bits per heavy atom. The van der Waals surface area contributed by atoms with Crippen molar-refractivity contribution in [2.24, 2.45) is 5.92 Å². The number of piperidine rings is 1. The van der Waals surface area contributed by atoms with E-state index in [1.165, 1.54) is 6.42 Å². The number of pyridine rings is 1. The molecule has 32 heavy (non-hydrogen) atoms. The molecule has 2 fully saturated rings. The molecule has 1 aromatic rings. The topological polar surface area (TPSA) is 84.0 Å². The predicted octanol–water partition coefficient (Wildman–Crippen LogP) is 4.33. The predicted molar refractivity (Wildman–Crippen MR) is 125 cm³/mol. The summed E-state index contributed by atoms with van der Waals surface area (Å²) >= 11 is 6.50. The number of anilines is 2. The van der Waals surface area contributed by atoms with Crippen molar-refractivity contribution >= 4 is 35.6 Å². The minimum absolute atomic E-state index is 0.196. The number of hydrogen-bond donors (Lipinski definition) is 1. The molecule has 2 aliphatic heterocycles. The highest BCUT2D eigenvalue weighted by molar-refractivity contribution is 6.33. The molecule has 0 radical (unpaired) electrons. The number of ether oxygens (including phenoxy) is 2. The third-order valence-electron chi connectivity index (χ3n) is 6.05. The molecule has 178 valence electrons. The summed E-state index contributed by atoms with van der Waals surface area (Å²) in [5.74, 6) is 1.29. The summed E-state index contributed by atoms with van der Waals surface area (Å²) < 4.78 is 10.5. The van der Waals surface area contributed by atoms with Crippen LogP contribution in [0.2, 0.25) is 5.02 Å². The minimum Gasteiger partial charge on any atom is -0.447 e. The van der Waals surface area contributed by atoms with Gasteiger partial charge in [0.25, 0.3) is 0 Å². The summed E-state index contributed by atoms with van der Waals surface area (Å²) in [4.78, 5) is 32.0. The summed E-state index contributed by atoms with van der Waals surface area (Å²) in [6.45, 7) is 7.68. The van der Waals surface area contributed by atoms with Gasteiger partial charge in [-0.3, -0.25) is 10.1 Å². The first-order chi connectivity index (χ1) is 15.5. The molecule has 1 atom stereocenters. The number of carbonyl (C=O) groups excluding carboxylic acids is 2. The Bertz CT molecular complexity index is 758. The van der Waals surface area contributed by atoms with Crippen molar-refractivity contribution in [1.29, 1.82) is 0 Å². The van der Waals surface area contributed by atoms with Crippen LogP contribution in [0.1, 0.15) is 52.4 Å². The zero-order valence-electron chi connectivity index (χ0n) is 19.1. The van der Waals surface area contributed by atoms with Crippen molar-refractivity contribution in [2.45, 2.75) is 64.5 Å². The van der Waals surface area contributed by atoms with Crippen LogP contribution in [0.3, 0.4) is 0 Å². The van der Waals surface area contributed by atoms with Crippen LogP contribution in [0, 0.1) is 5.92 Å². The molecule has 8 nitrogen and oxygen atoms in total. The Morgan fingerprint density at radius 3 is 2.88 bits per heavy atom. The molecular weight excluding hydrogens is 432 g/mol. The number of rotatable bonds is 9. The first kappa shape index (κ1) is 24.6. The quantitative estimate of drug-likeness (QED) is 0.545. The molecule has 0 saturated carbocycles. The zero-order chi connectivity index (χ0) is 22.9. The van der Waals surface area contributed by atoms with Gasteiger partial charge in [0.1, 0.15) is 5.82 Å². The molecule has 1 unspecified atom stereocenters. The number of halogens is 1. The van der Waals surface area contributed by atoms with Crippen molar-refractivity contribution in [3.63, 3.8) is 0 Å². The van der Waals surface area contributed by atoms with Crippen LogP contribution < -0.4 is 10.2 Å². The van der Waals surface area contributed by atoms with E-state index in [1.54, 1.807) is 26.1 Å². The molecule has 3 rings (SSSR count). The second-order valence-corrected chi connectivity index (χ2v) is 9.30. The van der Waals surface area contributed by atoms with Gasteiger partial charge in [-0.05, 0) is 64.4 Å². The normalized spacial score (nSPS) is 19.6. The van der Waals surface area contributed by atoms with E-state index in [0.29, 0.717) is 22.7 Å². The Balaban J connectivity index is 1.49. The van der Waals surface area contributed by atoms with Crippen LogP contribution in [0.4, 0.5) is 16.3 Å². The van der Waals surface area contributed by atoms with Gasteiger partial charge in [-0.15, -0.1) is 0 Å². The van der Waals surface area contributed by atoms with Gasteiger partial charge in [-0.25, -0.2) is 9.78 Å². The van der Waals surface area contributed by atoms with Crippen molar-refractivity contribution in [3.8, 4) is 0 Å². The lowest BCUT2D eigenvalue weighted by molar-refractivity contribution is -0.122. The van der Waals surface area contributed by atoms with Gasteiger partial charge in [-0.2, -0.15) is 0 Å². The van der Waals surface area contributed by atoms with E-state index in [-0.39, 0.29) is 6.10 Å². The van der Waals surface area contributed by atoms with E-state index in [0.717, 1.165) is 77.2 Å². The average Bonchev–Trinajstić information content (AvgIpc) is 2.77. The van der Waals surface area contributed by atoms with E-state index < -0.39 is 6.09 Å². The van der Waals surface area contributed by atoms with Gasteiger partial charge < -0.3 is 19.3 Å². The van der Waals surface area contributed by atoms with Crippen LogP contribution in [-0.2, 0) is 14.3 Å². The number of nitrogens with one attached hydrogen (secondary N) is 1. The van der Waals surface area contributed by atoms with Crippen molar-refractivity contribution < 1.29 is 19.1 Å². The van der Waals surface area contributed by atoms with Crippen LogP contribution in [-0.4, -0.2) is 67.4 Å². The SMILES string of the molecule is CC(C)OC(=O)Nc1cnc(N2CCCC(CCCN(C=O)C3CCOCC3)C2)c(Cl)c1. The maximum Gasteiger partial charge on any atom is 0.411 e. The lowest BCUT2D eigenvalue weighted by Crippen LogP contribution is -2.40. The smallest absolute Gasteiger partial charge is 0.411 e. The van der Waals surface area contributed by atoms with Crippen LogP contribution in [0.5, 0.6) is 0 Å². The first-order valence-corrected chi connectivity index (χ1v) is 12.0. The fourth-order valence-electron chi connectivity index (χ4n) is 4.49. The van der Waals surface area contributed by atoms with Crippen LogP contribution in [0.25, 0.3) is 0 Å². The fraction of sp³-hybridized carbons (Fsp3) is 0.696. The molecule has 9 heteroatoms. The fourth-order valence-corrected chi connectivity index (χ4v) is 4.77. The molecule has 2 amide bonds. The van der Waals surface area contributed by atoms with Crippen molar-refractivity contribution in [1.82, 2.24) is 9.88 Å². The average molecular weight is 467 g/mol. The lowest BCUT2D eigenvalue weighted by Gasteiger charge is -2.35. The van der Waals surface area contributed by atoms with E-state index in [2.05, 4.69) is 15.2 Å². The minimum atomic E-state index is -0.520. The van der Waals surface area contributed by atoms with Crippen molar-refractivity contribution in [3.05, 3.63) is 17.3 Å². The van der Waals surface area contributed by atoms with Gasteiger partial charge in [0.05, 0.1) is 23.0 Å². The summed E-state index contributed by atoms with van der Waals surface area (Å²) in [7, 11) is 0.